The number of thioether (sulfide) groups is 1. The van der Waals surface area contributed by atoms with Crippen molar-refractivity contribution in [2.75, 3.05) is 18.9 Å². The molecule has 0 N–H and O–H groups in total. The fraction of sp³-hybridized carbons (Fsp3) is 0.533. The summed E-state index contributed by atoms with van der Waals surface area (Å²) in [6.07, 6.45) is 2.56. The number of hydrogen-bond donors (Lipinski definition) is 0. The monoisotopic (exact) mass is 277 g/mol. The fourth-order valence-electron chi connectivity index (χ4n) is 2.43. The molecule has 1 aromatic carbocycles. The number of hydrogen-bond acceptors (Lipinski definition) is 3. The van der Waals surface area contributed by atoms with Crippen LogP contribution in [0.3, 0.4) is 0 Å². The quantitative estimate of drug-likeness (QED) is 0.828. The molecule has 2 fully saturated rings. The van der Waals surface area contributed by atoms with E-state index in [1.54, 1.807) is 11.8 Å². The number of rotatable bonds is 5. The molecular formula is C15H19NO2S. The second-order valence-electron chi connectivity index (χ2n) is 5.16. The minimum absolute atomic E-state index is 0.175. The van der Waals surface area contributed by atoms with Gasteiger partial charge in [0.2, 0.25) is 5.91 Å². The number of benzene rings is 1. The van der Waals surface area contributed by atoms with E-state index in [-0.39, 0.29) is 11.3 Å². The van der Waals surface area contributed by atoms with Crippen LogP contribution in [0.25, 0.3) is 0 Å². The third-order valence-electron chi connectivity index (χ3n) is 3.57. The Hall–Kier alpha value is -1.16. The van der Waals surface area contributed by atoms with Gasteiger partial charge in [0.25, 0.3) is 0 Å². The summed E-state index contributed by atoms with van der Waals surface area (Å²) >= 11 is 1.73. The Balaban J connectivity index is 1.78. The zero-order chi connectivity index (χ0) is 13.2. The van der Waals surface area contributed by atoms with Gasteiger partial charge in [-0.15, -0.1) is 11.8 Å². The summed E-state index contributed by atoms with van der Waals surface area (Å²) < 4.78 is 5.55. The smallest absolute Gasteiger partial charge is 0.233 e. The third kappa shape index (κ3) is 2.89. The van der Waals surface area contributed by atoms with E-state index in [1.165, 1.54) is 18.4 Å². The zero-order valence-electron chi connectivity index (χ0n) is 11.2. The molecule has 4 heteroatoms. The topological polar surface area (TPSA) is 29.5 Å². The first-order valence-corrected chi connectivity index (χ1v) is 7.96. The second-order valence-corrected chi connectivity index (χ2v) is 6.23. The van der Waals surface area contributed by atoms with E-state index in [0.717, 1.165) is 18.2 Å². The average molecular weight is 277 g/mol. The van der Waals surface area contributed by atoms with Crippen LogP contribution < -0.4 is 4.74 Å². The molecule has 1 atom stereocenters. The van der Waals surface area contributed by atoms with Crippen molar-refractivity contribution in [1.82, 2.24) is 4.90 Å². The lowest BCUT2D eigenvalue weighted by Gasteiger charge is -2.24. The maximum absolute atomic E-state index is 12.0. The summed E-state index contributed by atoms with van der Waals surface area (Å²) in [6.45, 7) is 3.58. The van der Waals surface area contributed by atoms with Crippen LogP contribution in [-0.2, 0) is 4.79 Å². The summed E-state index contributed by atoms with van der Waals surface area (Å²) in [5, 5.41) is 0.175. The van der Waals surface area contributed by atoms with Crippen LogP contribution in [0, 0.1) is 5.92 Å². The molecule has 3 rings (SSSR count). The van der Waals surface area contributed by atoms with E-state index in [2.05, 4.69) is 12.1 Å². The van der Waals surface area contributed by atoms with Crippen molar-refractivity contribution in [3.63, 3.8) is 0 Å². The molecule has 1 saturated heterocycles. The lowest BCUT2D eigenvalue weighted by Crippen LogP contribution is -2.30. The van der Waals surface area contributed by atoms with Gasteiger partial charge in [-0.2, -0.15) is 0 Å². The van der Waals surface area contributed by atoms with Crippen molar-refractivity contribution < 1.29 is 9.53 Å². The molecule has 0 aromatic heterocycles. The van der Waals surface area contributed by atoms with E-state index in [9.17, 15) is 4.79 Å². The zero-order valence-corrected chi connectivity index (χ0v) is 12.0. The van der Waals surface area contributed by atoms with Gasteiger partial charge in [0.15, 0.2) is 0 Å². The Kier molecular flexibility index (Phi) is 3.69. The molecule has 19 heavy (non-hydrogen) atoms. The maximum Gasteiger partial charge on any atom is 0.233 e. The number of amides is 1. The van der Waals surface area contributed by atoms with Gasteiger partial charge < -0.3 is 9.64 Å². The van der Waals surface area contributed by atoms with Crippen molar-refractivity contribution in [1.29, 1.82) is 0 Å². The molecule has 0 spiro atoms. The van der Waals surface area contributed by atoms with Crippen LogP contribution in [0.15, 0.2) is 24.3 Å². The lowest BCUT2D eigenvalue weighted by atomic mass is 10.2. The van der Waals surface area contributed by atoms with Gasteiger partial charge in [-0.05, 0) is 43.4 Å². The molecule has 2 aliphatic rings. The first kappa shape index (κ1) is 12.9. The summed E-state index contributed by atoms with van der Waals surface area (Å²) in [7, 11) is 0. The first-order valence-electron chi connectivity index (χ1n) is 6.91. The van der Waals surface area contributed by atoms with Crippen LogP contribution in [0.4, 0.5) is 0 Å². The molecule has 1 aliphatic heterocycles. The lowest BCUT2D eigenvalue weighted by molar-refractivity contribution is -0.128. The minimum atomic E-state index is 0.175. The predicted molar refractivity (Wildman–Crippen MR) is 77.2 cm³/mol. The molecule has 0 radical (unpaired) electrons. The van der Waals surface area contributed by atoms with Crippen molar-refractivity contribution in [3.05, 3.63) is 29.8 Å². The highest BCUT2D eigenvalue weighted by Crippen LogP contribution is 2.42. The van der Waals surface area contributed by atoms with Gasteiger partial charge >= 0.3 is 0 Å². The maximum atomic E-state index is 12.0. The molecule has 102 valence electrons. The third-order valence-corrected chi connectivity index (χ3v) is 4.83. The van der Waals surface area contributed by atoms with Gasteiger partial charge in [-0.3, -0.25) is 4.79 Å². The van der Waals surface area contributed by atoms with E-state index in [0.29, 0.717) is 12.4 Å². The van der Waals surface area contributed by atoms with Crippen molar-refractivity contribution in [2.24, 2.45) is 5.92 Å². The Morgan fingerprint density at radius 1 is 1.42 bits per heavy atom. The molecule has 0 bridgehead atoms. The van der Waals surface area contributed by atoms with Crippen LogP contribution in [0.2, 0.25) is 0 Å². The van der Waals surface area contributed by atoms with Gasteiger partial charge in [0, 0.05) is 6.54 Å². The molecule has 1 aromatic rings. The molecule has 1 aliphatic carbocycles. The van der Waals surface area contributed by atoms with Gasteiger partial charge in [0.1, 0.15) is 11.1 Å². The summed E-state index contributed by atoms with van der Waals surface area (Å²) in [4.78, 5) is 14.1. The Bertz CT molecular complexity index is 473. The van der Waals surface area contributed by atoms with E-state index in [1.807, 2.05) is 24.0 Å². The Morgan fingerprint density at radius 2 is 2.26 bits per heavy atom. The van der Waals surface area contributed by atoms with E-state index < -0.39 is 0 Å². The molecule has 3 nitrogen and oxygen atoms in total. The second kappa shape index (κ2) is 5.45. The Labute approximate surface area is 118 Å². The van der Waals surface area contributed by atoms with Crippen LogP contribution in [0.5, 0.6) is 5.75 Å². The fourth-order valence-corrected chi connectivity index (χ4v) is 3.62. The Morgan fingerprint density at radius 3 is 3.00 bits per heavy atom. The molecule has 1 heterocycles. The van der Waals surface area contributed by atoms with Crippen LogP contribution in [-0.4, -0.2) is 29.7 Å². The number of carbonyl (C=O) groups is 1. The number of nitrogens with zero attached hydrogens (tertiary/aromatic N) is 1. The highest BCUT2D eigenvalue weighted by molar-refractivity contribution is 8.00. The highest BCUT2D eigenvalue weighted by atomic mass is 32.2. The van der Waals surface area contributed by atoms with Gasteiger partial charge in [-0.25, -0.2) is 0 Å². The van der Waals surface area contributed by atoms with Crippen LogP contribution in [0.1, 0.15) is 30.7 Å². The normalized spacial score (nSPS) is 22.9. The SMILES string of the molecule is CCOc1cccc(C2SCC(=O)N2CC2CC2)c1. The molecule has 1 unspecified atom stereocenters. The predicted octanol–water partition coefficient (Wildman–Crippen LogP) is 3.07. The van der Waals surface area contributed by atoms with Crippen molar-refractivity contribution in [2.45, 2.75) is 25.1 Å². The average Bonchev–Trinajstić information content (AvgIpc) is 3.15. The molecule has 1 saturated carbocycles. The van der Waals surface area contributed by atoms with Crippen molar-refractivity contribution in [3.8, 4) is 5.75 Å². The standard InChI is InChI=1S/C15H19NO2S/c1-2-18-13-5-3-4-12(8-13)15-16(9-11-6-7-11)14(17)10-19-15/h3-5,8,11,15H,2,6-7,9-10H2,1H3. The van der Waals surface area contributed by atoms with Crippen LogP contribution >= 0.6 is 11.8 Å². The largest absolute Gasteiger partial charge is 0.494 e. The number of carbonyl (C=O) groups excluding carboxylic acids is 1. The molecule has 1 amide bonds. The van der Waals surface area contributed by atoms with Gasteiger partial charge in [-0.1, -0.05) is 12.1 Å². The highest BCUT2D eigenvalue weighted by Gasteiger charge is 2.36. The van der Waals surface area contributed by atoms with E-state index in [4.69, 9.17) is 4.74 Å². The van der Waals surface area contributed by atoms with Gasteiger partial charge in [0.05, 0.1) is 12.4 Å². The minimum Gasteiger partial charge on any atom is -0.494 e. The van der Waals surface area contributed by atoms with Crippen molar-refractivity contribution >= 4 is 17.7 Å². The summed E-state index contributed by atoms with van der Waals surface area (Å²) in [5.74, 6) is 2.52. The summed E-state index contributed by atoms with van der Waals surface area (Å²) in [5.41, 5.74) is 1.18. The summed E-state index contributed by atoms with van der Waals surface area (Å²) in [6, 6.07) is 8.15. The number of ether oxygens (including phenoxy) is 1. The first-order chi connectivity index (χ1) is 9.28. The molecular weight excluding hydrogens is 258 g/mol. The van der Waals surface area contributed by atoms with E-state index >= 15 is 0 Å².